The van der Waals surface area contributed by atoms with Crippen LogP contribution in [-0.2, 0) is 4.74 Å². The lowest BCUT2D eigenvalue weighted by molar-refractivity contribution is 0.00137. The molecular formula is C13H24N2O. The van der Waals surface area contributed by atoms with Crippen molar-refractivity contribution in [1.29, 1.82) is 0 Å². The van der Waals surface area contributed by atoms with Crippen LogP contribution in [0.15, 0.2) is 12.2 Å². The molecule has 92 valence electrons. The Kier molecular flexibility index (Phi) is 4.38. The lowest BCUT2D eigenvalue weighted by Crippen LogP contribution is -2.52. The second kappa shape index (κ2) is 5.80. The highest BCUT2D eigenvalue weighted by molar-refractivity contribution is 5.01. The summed E-state index contributed by atoms with van der Waals surface area (Å²) in [5.74, 6) is 0. The summed E-state index contributed by atoms with van der Waals surface area (Å²) < 4.78 is 5.46. The summed E-state index contributed by atoms with van der Waals surface area (Å²) >= 11 is 0. The van der Waals surface area contributed by atoms with Gasteiger partial charge in [0.05, 0.1) is 6.10 Å². The maximum Gasteiger partial charge on any atom is 0.0599 e. The van der Waals surface area contributed by atoms with E-state index < -0.39 is 0 Å². The molecule has 0 aromatic rings. The molecule has 0 aromatic carbocycles. The van der Waals surface area contributed by atoms with Gasteiger partial charge in [-0.15, -0.1) is 0 Å². The van der Waals surface area contributed by atoms with Crippen molar-refractivity contribution in [2.24, 2.45) is 5.73 Å². The maximum atomic E-state index is 5.90. The van der Waals surface area contributed by atoms with Crippen molar-refractivity contribution in [2.45, 2.75) is 50.3 Å². The fraction of sp³-hybridized carbons (Fsp3) is 0.846. The highest BCUT2D eigenvalue weighted by Gasteiger charge is 2.31. The predicted octanol–water partition coefficient (Wildman–Crippen LogP) is 1.53. The molecule has 1 aliphatic carbocycles. The Labute approximate surface area is 98.6 Å². The average Bonchev–Trinajstić information content (AvgIpc) is 2.39. The van der Waals surface area contributed by atoms with Crippen molar-refractivity contribution in [3.05, 3.63) is 12.2 Å². The van der Waals surface area contributed by atoms with Crippen LogP contribution >= 0.6 is 0 Å². The predicted molar refractivity (Wildman–Crippen MR) is 66.4 cm³/mol. The highest BCUT2D eigenvalue weighted by Crippen LogP contribution is 2.25. The molecule has 16 heavy (non-hydrogen) atoms. The molecule has 0 saturated carbocycles. The zero-order valence-electron chi connectivity index (χ0n) is 10.3. The SMILES string of the molecule is COC1CCN(C2C=CCCC2)C(CN)C1. The standard InChI is InChI=1S/C13H24N2O/c1-16-13-7-8-15(12(9-13)10-14)11-5-3-2-4-6-11/h3,5,11-13H,2,4,6-10,14H2,1H3. The molecule has 1 fully saturated rings. The van der Waals surface area contributed by atoms with Gasteiger partial charge in [-0.1, -0.05) is 12.2 Å². The molecule has 3 nitrogen and oxygen atoms in total. The third-order valence-electron chi connectivity index (χ3n) is 3.97. The number of piperidine rings is 1. The summed E-state index contributed by atoms with van der Waals surface area (Å²) in [5.41, 5.74) is 5.90. The van der Waals surface area contributed by atoms with Gasteiger partial charge in [0.1, 0.15) is 0 Å². The minimum Gasteiger partial charge on any atom is -0.381 e. The second-order valence-corrected chi connectivity index (χ2v) is 4.94. The third-order valence-corrected chi connectivity index (χ3v) is 3.97. The molecular weight excluding hydrogens is 200 g/mol. The van der Waals surface area contributed by atoms with Crippen LogP contribution < -0.4 is 5.73 Å². The van der Waals surface area contributed by atoms with Crippen molar-refractivity contribution < 1.29 is 4.74 Å². The molecule has 3 unspecified atom stereocenters. The lowest BCUT2D eigenvalue weighted by atomic mass is 9.93. The fourth-order valence-electron chi connectivity index (χ4n) is 2.99. The molecule has 0 aromatic heterocycles. The molecule has 1 heterocycles. The minimum absolute atomic E-state index is 0.414. The molecule has 2 N–H and O–H groups in total. The van der Waals surface area contributed by atoms with Gasteiger partial charge in [0.2, 0.25) is 0 Å². The van der Waals surface area contributed by atoms with Gasteiger partial charge in [0, 0.05) is 32.3 Å². The van der Waals surface area contributed by atoms with Crippen LogP contribution in [0.4, 0.5) is 0 Å². The quantitative estimate of drug-likeness (QED) is 0.739. The van der Waals surface area contributed by atoms with E-state index in [9.17, 15) is 0 Å². The first-order valence-electron chi connectivity index (χ1n) is 6.50. The molecule has 3 heteroatoms. The number of rotatable bonds is 3. The van der Waals surface area contributed by atoms with E-state index in [4.69, 9.17) is 10.5 Å². The number of nitrogens with zero attached hydrogens (tertiary/aromatic N) is 1. The molecule has 0 spiro atoms. The van der Waals surface area contributed by atoms with Crippen LogP contribution in [0.2, 0.25) is 0 Å². The first-order chi connectivity index (χ1) is 7.85. The Bertz CT molecular complexity index is 242. The Balaban J connectivity index is 1.97. The highest BCUT2D eigenvalue weighted by atomic mass is 16.5. The topological polar surface area (TPSA) is 38.5 Å². The monoisotopic (exact) mass is 224 g/mol. The van der Waals surface area contributed by atoms with E-state index in [1.54, 1.807) is 0 Å². The van der Waals surface area contributed by atoms with Gasteiger partial charge in [0.15, 0.2) is 0 Å². The first kappa shape index (κ1) is 12.1. The van der Waals surface area contributed by atoms with Crippen LogP contribution in [0.5, 0.6) is 0 Å². The number of nitrogens with two attached hydrogens (primary N) is 1. The van der Waals surface area contributed by atoms with Crippen LogP contribution in [0.25, 0.3) is 0 Å². The van der Waals surface area contributed by atoms with Crippen molar-refractivity contribution in [3.63, 3.8) is 0 Å². The van der Waals surface area contributed by atoms with E-state index >= 15 is 0 Å². The Morgan fingerprint density at radius 3 is 2.94 bits per heavy atom. The van der Waals surface area contributed by atoms with Crippen LogP contribution in [0.3, 0.4) is 0 Å². The zero-order valence-corrected chi connectivity index (χ0v) is 10.3. The molecule has 0 radical (unpaired) electrons. The van der Waals surface area contributed by atoms with Crippen LogP contribution in [0.1, 0.15) is 32.1 Å². The smallest absolute Gasteiger partial charge is 0.0599 e. The summed E-state index contributed by atoms with van der Waals surface area (Å²) in [7, 11) is 1.81. The van der Waals surface area contributed by atoms with Gasteiger partial charge in [-0.3, -0.25) is 4.90 Å². The lowest BCUT2D eigenvalue weighted by Gasteiger charge is -2.43. The van der Waals surface area contributed by atoms with E-state index in [-0.39, 0.29) is 0 Å². The number of hydrogen-bond acceptors (Lipinski definition) is 3. The van der Waals surface area contributed by atoms with Crippen molar-refractivity contribution in [2.75, 3.05) is 20.2 Å². The van der Waals surface area contributed by atoms with Gasteiger partial charge in [-0.2, -0.15) is 0 Å². The number of ether oxygens (including phenoxy) is 1. The van der Waals surface area contributed by atoms with E-state index in [1.165, 1.54) is 19.3 Å². The van der Waals surface area contributed by atoms with Gasteiger partial charge < -0.3 is 10.5 Å². The third kappa shape index (κ3) is 2.65. The van der Waals surface area contributed by atoms with E-state index in [1.807, 2.05) is 7.11 Å². The van der Waals surface area contributed by atoms with Gasteiger partial charge in [-0.25, -0.2) is 0 Å². The van der Waals surface area contributed by atoms with Crippen LogP contribution in [0, 0.1) is 0 Å². The second-order valence-electron chi connectivity index (χ2n) is 4.94. The Morgan fingerprint density at radius 1 is 1.44 bits per heavy atom. The molecule has 0 bridgehead atoms. The van der Waals surface area contributed by atoms with Gasteiger partial charge in [-0.05, 0) is 32.1 Å². The number of hydrogen-bond donors (Lipinski definition) is 1. The maximum absolute atomic E-state index is 5.90. The molecule has 1 saturated heterocycles. The number of methoxy groups -OCH3 is 1. The Morgan fingerprint density at radius 2 is 2.31 bits per heavy atom. The van der Waals surface area contributed by atoms with E-state index in [0.717, 1.165) is 25.9 Å². The van der Waals surface area contributed by atoms with Crippen molar-refractivity contribution in [3.8, 4) is 0 Å². The molecule has 3 atom stereocenters. The van der Waals surface area contributed by atoms with Crippen LogP contribution in [-0.4, -0.2) is 43.3 Å². The number of allylic oxidation sites excluding steroid dienone is 1. The first-order valence-corrected chi connectivity index (χ1v) is 6.50. The van der Waals surface area contributed by atoms with E-state index in [0.29, 0.717) is 18.2 Å². The van der Waals surface area contributed by atoms with Gasteiger partial charge in [0.25, 0.3) is 0 Å². The molecule has 0 amide bonds. The fourth-order valence-corrected chi connectivity index (χ4v) is 2.99. The number of likely N-dealkylation sites (tertiary alicyclic amines) is 1. The summed E-state index contributed by atoms with van der Waals surface area (Å²) in [5, 5.41) is 0. The molecule has 2 aliphatic rings. The average molecular weight is 224 g/mol. The largest absolute Gasteiger partial charge is 0.381 e. The summed E-state index contributed by atoms with van der Waals surface area (Å²) in [4.78, 5) is 2.59. The van der Waals surface area contributed by atoms with E-state index in [2.05, 4.69) is 17.1 Å². The normalized spacial score (nSPS) is 36.5. The van der Waals surface area contributed by atoms with Crippen molar-refractivity contribution in [1.82, 2.24) is 4.90 Å². The zero-order chi connectivity index (χ0) is 11.4. The van der Waals surface area contributed by atoms with Gasteiger partial charge >= 0.3 is 0 Å². The summed E-state index contributed by atoms with van der Waals surface area (Å²) in [6.45, 7) is 1.89. The summed E-state index contributed by atoms with van der Waals surface area (Å²) in [6, 6.07) is 1.13. The minimum atomic E-state index is 0.414. The van der Waals surface area contributed by atoms with Crippen molar-refractivity contribution >= 4 is 0 Å². The molecule has 2 rings (SSSR count). The summed E-state index contributed by atoms with van der Waals surface area (Å²) in [6.07, 6.45) is 11.2. The Hall–Kier alpha value is -0.380. The molecule has 1 aliphatic heterocycles.